The molecule has 1 aliphatic heterocycles. The Morgan fingerprint density at radius 3 is 2.54 bits per heavy atom. The molecule has 4 heterocycles. The number of nitrogens with zero attached hydrogens (tertiary/aromatic N) is 7. The fourth-order valence-electron chi connectivity index (χ4n) is 4.69. The second kappa shape index (κ2) is 12.2. The smallest absolute Gasteiger partial charge is 0.179 e. The Kier molecular flexibility index (Phi) is 8.60. The van der Waals surface area contributed by atoms with E-state index in [1.807, 2.05) is 0 Å². The zero-order valence-corrected chi connectivity index (χ0v) is 25.1. The van der Waals surface area contributed by atoms with E-state index in [2.05, 4.69) is 52.9 Å². The van der Waals surface area contributed by atoms with Crippen LogP contribution in [0, 0.1) is 5.92 Å². The molecule has 41 heavy (non-hydrogen) atoms. The highest BCUT2D eigenvalue weighted by Gasteiger charge is 2.32. The van der Waals surface area contributed by atoms with Crippen molar-refractivity contribution in [3.63, 3.8) is 0 Å². The molecular weight excluding hydrogens is 540 g/mol. The van der Waals surface area contributed by atoms with E-state index >= 15 is 0 Å². The van der Waals surface area contributed by atoms with Gasteiger partial charge in [-0.05, 0) is 44.2 Å². The average Bonchev–Trinajstić information content (AvgIpc) is 3.82. The summed E-state index contributed by atoms with van der Waals surface area (Å²) in [6.45, 7) is 11.2. The van der Waals surface area contributed by atoms with Gasteiger partial charge in [0.2, 0.25) is 0 Å². The van der Waals surface area contributed by atoms with E-state index in [-0.39, 0.29) is 23.3 Å². The van der Waals surface area contributed by atoms with E-state index in [0.29, 0.717) is 54.0 Å². The maximum atomic E-state index is 12.1. The molecule has 0 bridgehead atoms. The van der Waals surface area contributed by atoms with Crippen LogP contribution in [-0.2, 0) is 27.5 Å². The lowest BCUT2D eigenvalue weighted by Crippen LogP contribution is -2.41. The molecule has 218 valence electrons. The number of pyridine rings is 1. The summed E-state index contributed by atoms with van der Waals surface area (Å²) in [6.07, 6.45) is 7.82. The molecule has 0 aromatic carbocycles. The van der Waals surface area contributed by atoms with E-state index in [1.165, 1.54) is 6.20 Å². The van der Waals surface area contributed by atoms with Crippen LogP contribution >= 0.6 is 0 Å². The maximum absolute atomic E-state index is 12.1. The highest BCUT2D eigenvalue weighted by molar-refractivity contribution is 7.91. The Morgan fingerprint density at radius 2 is 1.88 bits per heavy atom. The standard InChI is InChI=1S/C29H38N8O3S/c1-6-23-26(27(20-8-9-20)34-16-33-23)28-32-14-24-29(36-28)37(19(5)18(3)4)17-40-15-25(35-24)31-12-21-10-11-22(13-30-21)41(38,39)7-2/h10-11,13-14,16,18-20H,6-9,12,15,17H2,1-5H3,(H,31,35)/t19-/m1/s1. The van der Waals surface area contributed by atoms with Gasteiger partial charge in [0.15, 0.2) is 21.5 Å². The second-order valence-electron chi connectivity index (χ2n) is 10.8. The zero-order chi connectivity index (χ0) is 29.1. The van der Waals surface area contributed by atoms with Gasteiger partial charge in [0.25, 0.3) is 0 Å². The Balaban J connectivity index is 1.49. The first kappa shape index (κ1) is 29.0. The van der Waals surface area contributed by atoms with Crippen molar-refractivity contribution in [1.29, 1.82) is 0 Å². The summed E-state index contributed by atoms with van der Waals surface area (Å²) in [5.74, 6) is 2.74. The molecule has 0 unspecified atom stereocenters. The molecule has 1 atom stereocenters. The van der Waals surface area contributed by atoms with E-state index < -0.39 is 9.84 Å². The van der Waals surface area contributed by atoms with Crippen molar-refractivity contribution in [2.75, 3.05) is 24.0 Å². The summed E-state index contributed by atoms with van der Waals surface area (Å²) in [6, 6.07) is 3.44. The van der Waals surface area contributed by atoms with Crippen LogP contribution in [0.25, 0.3) is 11.4 Å². The summed E-state index contributed by atoms with van der Waals surface area (Å²) in [5.41, 5.74) is 4.24. The first-order chi connectivity index (χ1) is 19.7. The lowest BCUT2D eigenvalue weighted by Gasteiger charge is -2.34. The van der Waals surface area contributed by atoms with Crippen molar-refractivity contribution >= 4 is 27.2 Å². The second-order valence-corrected chi connectivity index (χ2v) is 13.1. The number of anilines is 1. The van der Waals surface area contributed by atoms with E-state index in [0.717, 1.165) is 36.2 Å². The topological polar surface area (TPSA) is 135 Å². The minimum Gasteiger partial charge on any atom is -0.366 e. The van der Waals surface area contributed by atoms with Crippen LogP contribution in [0.1, 0.15) is 70.5 Å². The maximum Gasteiger partial charge on any atom is 0.179 e. The predicted octanol–water partition coefficient (Wildman–Crippen LogP) is 4.22. The van der Waals surface area contributed by atoms with Crippen LogP contribution in [0.15, 0.2) is 40.7 Å². The van der Waals surface area contributed by atoms with Crippen molar-refractivity contribution in [3.05, 3.63) is 47.9 Å². The third-order valence-electron chi connectivity index (χ3n) is 7.69. The Hall–Kier alpha value is -3.51. The zero-order valence-electron chi connectivity index (χ0n) is 24.3. The Morgan fingerprint density at radius 1 is 1.07 bits per heavy atom. The number of nitrogens with one attached hydrogen (secondary N) is 1. The minimum atomic E-state index is -3.30. The first-order valence-corrected chi connectivity index (χ1v) is 15.9. The molecule has 0 radical (unpaired) electrons. The summed E-state index contributed by atoms with van der Waals surface area (Å²) < 4.78 is 30.3. The van der Waals surface area contributed by atoms with Crippen molar-refractivity contribution in [2.45, 2.75) is 77.3 Å². The number of hydrogen-bond acceptors (Lipinski definition) is 11. The van der Waals surface area contributed by atoms with Crippen LogP contribution in [0.4, 0.5) is 11.5 Å². The molecule has 0 spiro atoms. The molecule has 11 nitrogen and oxygen atoms in total. The van der Waals surface area contributed by atoms with Gasteiger partial charge in [-0.15, -0.1) is 0 Å². The number of rotatable bonds is 9. The third kappa shape index (κ3) is 6.38. The number of aliphatic imine (C=N–C) groups is 1. The monoisotopic (exact) mass is 578 g/mol. The van der Waals surface area contributed by atoms with E-state index in [4.69, 9.17) is 19.7 Å². The van der Waals surface area contributed by atoms with Crippen LogP contribution < -0.4 is 10.2 Å². The highest BCUT2D eigenvalue weighted by Crippen LogP contribution is 2.44. The number of fused-ring (bicyclic) bond motifs is 1. The van der Waals surface area contributed by atoms with Gasteiger partial charge in [0, 0.05) is 18.2 Å². The van der Waals surface area contributed by atoms with Crippen LogP contribution in [0.2, 0.25) is 0 Å². The fraction of sp³-hybridized carbons (Fsp3) is 0.517. The van der Waals surface area contributed by atoms with Gasteiger partial charge in [0.05, 0.1) is 46.0 Å². The third-order valence-corrected chi connectivity index (χ3v) is 9.41. The fourth-order valence-corrected chi connectivity index (χ4v) is 5.51. The summed E-state index contributed by atoms with van der Waals surface area (Å²) in [5, 5.41) is 3.30. The Bertz CT molecular complexity index is 1520. The summed E-state index contributed by atoms with van der Waals surface area (Å²) >= 11 is 0. The lowest BCUT2D eigenvalue weighted by molar-refractivity contribution is 0.157. The first-order valence-electron chi connectivity index (χ1n) is 14.3. The van der Waals surface area contributed by atoms with Crippen molar-refractivity contribution < 1.29 is 13.2 Å². The van der Waals surface area contributed by atoms with Gasteiger partial charge in [-0.3, -0.25) is 4.98 Å². The van der Waals surface area contributed by atoms with Crippen LogP contribution in [0.5, 0.6) is 0 Å². The SMILES string of the molecule is CCc1ncnc(C2CC2)c1-c1ncc2c(n1)N([C@H](C)C(C)C)COC/C(NCc1ccc(S(=O)(=O)CC)cn1)=N\2. The highest BCUT2D eigenvalue weighted by atomic mass is 32.2. The summed E-state index contributed by atoms with van der Waals surface area (Å²) in [4.78, 5) is 30.6. The van der Waals surface area contributed by atoms with Gasteiger partial charge in [-0.1, -0.05) is 27.7 Å². The van der Waals surface area contributed by atoms with Gasteiger partial charge in [-0.2, -0.15) is 0 Å². The van der Waals surface area contributed by atoms with Gasteiger partial charge in [-0.25, -0.2) is 33.3 Å². The molecular formula is C29H38N8O3S. The molecule has 12 heteroatoms. The van der Waals surface area contributed by atoms with Crippen molar-refractivity contribution in [1.82, 2.24) is 30.2 Å². The van der Waals surface area contributed by atoms with E-state index in [9.17, 15) is 8.42 Å². The quantitative estimate of drug-likeness (QED) is 0.393. The molecule has 5 rings (SSSR count). The van der Waals surface area contributed by atoms with Crippen LogP contribution in [0.3, 0.4) is 0 Å². The van der Waals surface area contributed by atoms with Gasteiger partial charge in [0.1, 0.15) is 31.2 Å². The molecule has 3 aromatic rings. The minimum absolute atomic E-state index is 0.0367. The molecule has 2 aliphatic rings. The molecule has 1 N–H and O–H groups in total. The summed E-state index contributed by atoms with van der Waals surface area (Å²) in [7, 11) is -3.30. The van der Waals surface area contributed by atoms with Gasteiger partial charge >= 0.3 is 0 Å². The number of aryl methyl sites for hydroxylation is 1. The molecule has 1 saturated carbocycles. The van der Waals surface area contributed by atoms with Crippen molar-refractivity contribution in [2.24, 2.45) is 10.9 Å². The molecule has 1 fully saturated rings. The number of sulfone groups is 1. The molecule has 0 saturated heterocycles. The lowest BCUT2D eigenvalue weighted by atomic mass is 10.0. The van der Waals surface area contributed by atoms with Crippen LogP contribution in [-0.4, -0.2) is 64.3 Å². The molecule has 1 aliphatic carbocycles. The number of hydrogen-bond donors (Lipinski definition) is 1. The number of aromatic nitrogens is 5. The normalized spacial score (nSPS) is 17.8. The van der Waals surface area contributed by atoms with E-state index in [1.54, 1.807) is 31.6 Å². The Labute approximate surface area is 241 Å². The number of amidine groups is 1. The molecule has 0 amide bonds. The molecule has 3 aromatic heterocycles. The largest absolute Gasteiger partial charge is 0.366 e. The number of ether oxygens (including phenoxy) is 1. The van der Waals surface area contributed by atoms with Crippen molar-refractivity contribution in [3.8, 4) is 11.4 Å². The average molecular weight is 579 g/mol. The van der Waals surface area contributed by atoms with Gasteiger partial charge < -0.3 is 15.0 Å². The predicted molar refractivity (Wildman–Crippen MR) is 158 cm³/mol.